The second-order valence-corrected chi connectivity index (χ2v) is 10.1. The molecule has 218 valence electrons. The number of carbonyl (C=O) groups excluding carboxylic acids is 3. The molecule has 1 N–H and O–H groups in total. The topological polar surface area (TPSA) is 104 Å². The van der Waals surface area contributed by atoms with E-state index in [4.69, 9.17) is 9.47 Å². The first-order chi connectivity index (χ1) is 20.3. The molecule has 3 amide bonds. The molecule has 2 aliphatic heterocycles. The van der Waals surface area contributed by atoms with Crippen molar-refractivity contribution in [3.05, 3.63) is 83.7 Å². The van der Waals surface area contributed by atoms with Crippen molar-refractivity contribution in [3.8, 4) is 16.9 Å². The van der Waals surface area contributed by atoms with Gasteiger partial charge in [0.25, 0.3) is 5.91 Å². The molecule has 0 unspecified atom stereocenters. The zero-order chi connectivity index (χ0) is 29.6. The molecular weight excluding hydrogens is 541 g/mol. The van der Waals surface area contributed by atoms with E-state index in [0.717, 1.165) is 5.56 Å². The van der Waals surface area contributed by atoms with Gasteiger partial charge in [-0.2, -0.15) is 5.10 Å². The summed E-state index contributed by atoms with van der Waals surface area (Å²) in [7, 11) is 1.59. The van der Waals surface area contributed by atoms with Crippen LogP contribution in [0.15, 0.2) is 71.8 Å². The Morgan fingerprint density at radius 2 is 1.76 bits per heavy atom. The highest BCUT2D eigenvalue weighted by atomic mass is 19.1. The molecule has 0 aromatic heterocycles. The number of ether oxygens (including phenoxy) is 2. The Kier molecular flexibility index (Phi) is 8.66. The van der Waals surface area contributed by atoms with Crippen LogP contribution in [0.3, 0.4) is 0 Å². The molecule has 11 heteroatoms. The molecule has 10 nitrogen and oxygen atoms in total. The number of anilines is 1. The highest BCUT2D eigenvalue weighted by Crippen LogP contribution is 2.29. The van der Waals surface area contributed by atoms with E-state index in [-0.39, 0.29) is 24.9 Å². The fraction of sp³-hybridized carbons (Fsp3) is 0.290. The van der Waals surface area contributed by atoms with Gasteiger partial charge >= 0.3 is 6.09 Å². The molecule has 0 spiro atoms. The Bertz CT molecular complexity index is 1470. The number of nitrogens with zero attached hydrogens (tertiary/aromatic N) is 4. The Hall–Kier alpha value is -4.93. The molecule has 2 heterocycles. The van der Waals surface area contributed by atoms with Gasteiger partial charge in [-0.1, -0.05) is 24.3 Å². The highest BCUT2D eigenvalue weighted by Gasteiger charge is 2.32. The predicted molar refractivity (Wildman–Crippen MR) is 156 cm³/mol. The van der Waals surface area contributed by atoms with E-state index in [0.29, 0.717) is 54.3 Å². The van der Waals surface area contributed by atoms with E-state index in [1.807, 2.05) is 34.2 Å². The Morgan fingerprint density at radius 1 is 1.05 bits per heavy atom. The van der Waals surface area contributed by atoms with Crippen LogP contribution in [0.2, 0.25) is 0 Å². The van der Waals surface area contributed by atoms with Gasteiger partial charge in [-0.05, 0) is 53.6 Å². The zero-order valence-corrected chi connectivity index (χ0v) is 23.5. The number of halogens is 1. The molecule has 0 bridgehead atoms. The molecular formula is C31H32FN5O5. The van der Waals surface area contributed by atoms with Gasteiger partial charge in [0.05, 0.1) is 45.2 Å². The summed E-state index contributed by atoms with van der Waals surface area (Å²) in [5.41, 5.74) is 2.97. The number of hydrazone groups is 1. The number of nitrogens with one attached hydrogen (secondary N) is 1. The Morgan fingerprint density at radius 3 is 2.40 bits per heavy atom. The summed E-state index contributed by atoms with van der Waals surface area (Å²) in [4.78, 5) is 39.3. The van der Waals surface area contributed by atoms with Crippen LogP contribution in [-0.4, -0.2) is 86.5 Å². The first-order valence-electron chi connectivity index (χ1n) is 13.7. The van der Waals surface area contributed by atoms with E-state index in [1.54, 1.807) is 49.7 Å². The van der Waals surface area contributed by atoms with Gasteiger partial charge in [-0.3, -0.25) is 19.5 Å². The van der Waals surface area contributed by atoms with Crippen LogP contribution in [-0.2, 0) is 9.53 Å². The number of hydrogen-bond donors (Lipinski definition) is 1. The SMILES string of the molecule is COc1ccc(C(=O)N2CCN(N=Cc3ccc(-c4ccc(N5C[C@H](CNC(C)=O)OC5=O)cc4F)cc3)CC2)cc1. The minimum Gasteiger partial charge on any atom is -0.497 e. The maximum Gasteiger partial charge on any atom is 0.414 e. The van der Waals surface area contributed by atoms with Gasteiger partial charge in [0.15, 0.2) is 0 Å². The van der Waals surface area contributed by atoms with E-state index in [2.05, 4.69) is 10.4 Å². The molecule has 42 heavy (non-hydrogen) atoms. The first kappa shape index (κ1) is 28.6. The first-order valence-corrected chi connectivity index (χ1v) is 13.7. The van der Waals surface area contributed by atoms with E-state index < -0.39 is 18.0 Å². The fourth-order valence-electron chi connectivity index (χ4n) is 4.83. The Labute approximate surface area is 243 Å². The molecule has 1 atom stereocenters. The number of hydrogen-bond acceptors (Lipinski definition) is 7. The van der Waals surface area contributed by atoms with Crippen molar-refractivity contribution in [2.75, 3.05) is 51.3 Å². The lowest BCUT2D eigenvalue weighted by molar-refractivity contribution is -0.119. The van der Waals surface area contributed by atoms with Crippen LogP contribution >= 0.6 is 0 Å². The quantitative estimate of drug-likeness (QED) is 0.412. The summed E-state index contributed by atoms with van der Waals surface area (Å²) in [6.45, 7) is 4.19. The average molecular weight is 574 g/mol. The maximum absolute atomic E-state index is 15.1. The smallest absolute Gasteiger partial charge is 0.414 e. The third-order valence-corrected chi connectivity index (χ3v) is 7.19. The number of amides is 3. The lowest BCUT2D eigenvalue weighted by Gasteiger charge is -2.33. The zero-order valence-electron chi connectivity index (χ0n) is 23.5. The van der Waals surface area contributed by atoms with Gasteiger partial charge in [0.1, 0.15) is 17.7 Å². The summed E-state index contributed by atoms with van der Waals surface area (Å²) in [6.07, 6.45) is 0.677. The molecule has 0 radical (unpaired) electrons. The molecule has 2 aliphatic rings. The Balaban J connectivity index is 1.15. The second kappa shape index (κ2) is 12.7. The van der Waals surface area contributed by atoms with Crippen LogP contribution in [0, 0.1) is 5.82 Å². The summed E-state index contributed by atoms with van der Waals surface area (Å²) in [5.74, 6) is 0.0229. The highest BCUT2D eigenvalue weighted by molar-refractivity contribution is 5.94. The molecule has 3 aromatic carbocycles. The summed E-state index contributed by atoms with van der Waals surface area (Å²) in [6, 6.07) is 19.1. The minimum absolute atomic E-state index is 0.0105. The third-order valence-electron chi connectivity index (χ3n) is 7.19. The van der Waals surface area contributed by atoms with E-state index >= 15 is 4.39 Å². The standard InChI is InChI=1S/C31H32FN5O5/c1-21(38)33-19-27-20-37(31(40)42-27)25-9-12-28(29(32)17-25)23-5-3-22(4-6-23)18-34-36-15-13-35(14-16-36)30(39)24-7-10-26(41-2)11-8-24/h3-12,17-18,27H,13-16,19-20H2,1-2H3,(H,33,38)/t27-/m0/s1. The van der Waals surface area contributed by atoms with Crippen molar-refractivity contribution in [2.45, 2.75) is 13.0 Å². The number of methoxy groups -OCH3 is 1. The molecule has 5 rings (SSSR count). The number of piperazine rings is 1. The molecule has 0 aliphatic carbocycles. The van der Waals surface area contributed by atoms with Gasteiger partial charge < -0.3 is 19.7 Å². The lowest BCUT2D eigenvalue weighted by atomic mass is 10.0. The van der Waals surface area contributed by atoms with Crippen LogP contribution in [0.25, 0.3) is 11.1 Å². The second-order valence-electron chi connectivity index (χ2n) is 10.1. The number of carbonyl (C=O) groups is 3. The van der Waals surface area contributed by atoms with Crippen molar-refractivity contribution in [1.29, 1.82) is 0 Å². The molecule has 0 saturated carbocycles. The van der Waals surface area contributed by atoms with Crippen molar-refractivity contribution < 1.29 is 28.2 Å². The number of cyclic esters (lactones) is 1. The summed E-state index contributed by atoms with van der Waals surface area (Å²) < 4.78 is 25.5. The predicted octanol–water partition coefficient (Wildman–Crippen LogP) is 3.75. The van der Waals surface area contributed by atoms with Gasteiger partial charge in [0.2, 0.25) is 5.91 Å². The van der Waals surface area contributed by atoms with Gasteiger partial charge in [0, 0.05) is 31.1 Å². The minimum atomic E-state index is -0.577. The van der Waals surface area contributed by atoms with Crippen LogP contribution in [0.5, 0.6) is 5.75 Å². The average Bonchev–Trinajstić information content (AvgIpc) is 3.39. The monoisotopic (exact) mass is 573 g/mol. The normalized spacial score (nSPS) is 17.0. The van der Waals surface area contributed by atoms with Crippen LogP contribution in [0.1, 0.15) is 22.8 Å². The third kappa shape index (κ3) is 6.68. The van der Waals surface area contributed by atoms with Gasteiger partial charge in [-0.15, -0.1) is 0 Å². The number of benzene rings is 3. The lowest BCUT2D eigenvalue weighted by Crippen LogP contribution is -2.46. The van der Waals surface area contributed by atoms with Crippen molar-refractivity contribution in [2.24, 2.45) is 5.10 Å². The van der Waals surface area contributed by atoms with Crippen molar-refractivity contribution in [1.82, 2.24) is 15.2 Å². The molecule has 2 saturated heterocycles. The van der Waals surface area contributed by atoms with E-state index in [9.17, 15) is 14.4 Å². The van der Waals surface area contributed by atoms with Crippen molar-refractivity contribution in [3.63, 3.8) is 0 Å². The molecule has 2 fully saturated rings. The fourth-order valence-corrected chi connectivity index (χ4v) is 4.83. The van der Waals surface area contributed by atoms with Crippen molar-refractivity contribution >= 4 is 29.8 Å². The summed E-state index contributed by atoms with van der Waals surface area (Å²) >= 11 is 0. The molecule has 3 aromatic rings. The van der Waals surface area contributed by atoms with Crippen LogP contribution < -0.4 is 15.0 Å². The van der Waals surface area contributed by atoms with Gasteiger partial charge in [-0.25, -0.2) is 9.18 Å². The summed E-state index contributed by atoms with van der Waals surface area (Å²) in [5, 5.41) is 9.11. The van der Waals surface area contributed by atoms with E-state index in [1.165, 1.54) is 17.9 Å². The number of rotatable bonds is 8. The van der Waals surface area contributed by atoms with Crippen LogP contribution in [0.4, 0.5) is 14.9 Å². The maximum atomic E-state index is 15.1. The largest absolute Gasteiger partial charge is 0.497 e.